The summed E-state index contributed by atoms with van der Waals surface area (Å²) in [6.45, 7) is 4.22. The molecule has 3 heteroatoms. The number of thiophene rings is 1. The van der Waals surface area contributed by atoms with E-state index in [-0.39, 0.29) is 11.7 Å². The molecule has 2 rings (SSSR count). The summed E-state index contributed by atoms with van der Waals surface area (Å²) in [6, 6.07) is 0. The molecule has 1 nitrogen and oxygen atoms in total. The van der Waals surface area contributed by atoms with E-state index in [0.717, 1.165) is 29.2 Å². The minimum atomic E-state index is 0.215. The van der Waals surface area contributed by atoms with Gasteiger partial charge in [0.1, 0.15) is 0 Å². The average Bonchev–Trinajstić information content (AvgIpc) is 2.60. The third-order valence-corrected chi connectivity index (χ3v) is 5.22. The van der Waals surface area contributed by atoms with E-state index in [1.807, 2.05) is 12.3 Å². The quantitative estimate of drug-likeness (QED) is 0.700. The van der Waals surface area contributed by atoms with Gasteiger partial charge in [-0.3, -0.25) is 4.79 Å². The number of rotatable bonds is 2. The average molecular weight is 257 g/mol. The molecule has 0 spiro atoms. The maximum Gasteiger partial charge on any atom is 0.177 e. The molecule has 1 saturated carbocycles. The summed E-state index contributed by atoms with van der Waals surface area (Å²) in [5.41, 5.74) is 1.03. The van der Waals surface area contributed by atoms with E-state index in [0.29, 0.717) is 5.02 Å². The van der Waals surface area contributed by atoms with Crippen LogP contribution in [0, 0.1) is 18.8 Å². The number of Topliss-reactive ketones (excluding diaryl/α,β-unsaturated/α-hetero) is 1. The Morgan fingerprint density at radius 2 is 2.00 bits per heavy atom. The van der Waals surface area contributed by atoms with Gasteiger partial charge in [0.25, 0.3) is 0 Å². The summed E-state index contributed by atoms with van der Waals surface area (Å²) in [6.07, 6.45) is 4.43. The Bertz CT molecular complexity index is 389. The number of aryl methyl sites for hydroxylation is 1. The molecular formula is C13H17ClOS. The molecule has 0 amide bonds. The van der Waals surface area contributed by atoms with Crippen molar-refractivity contribution < 1.29 is 4.79 Å². The Morgan fingerprint density at radius 3 is 2.50 bits per heavy atom. The van der Waals surface area contributed by atoms with Crippen LogP contribution in [0.3, 0.4) is 0 Å². The van der Waals surface area contributed by atoms with Gasteiger partial charge in [-0.1, -0.05) is 31.4 Å². The van der Waals surface area contributed by atoms with Crippen molar-refractivity contribution in [2.45, 2.75) is 39.5 Å². The highest BCUT2D eigenvalue weighted by Gasteiger charge is 2.27. The predicted octanol–water partition coefficient (Wildman–Crippen LogP) is 4.72. The first-order valence-corrected chi connectivity index (χ1v) is 7.13. The van der Waals surface area contributed by atoms with Crippen LogP contribution in [0.25, 0.3) is 0 Å². The van der Waals surface area contributed by atoms with Gasteiger partial charge in [-0.15, -0.1) is 11.3 Å². The lowest BCUT2D eigenvalue weighted by atomic mass is 9.80. The lowest BCUT2D eigenvalue weighted by Crippen LogP contribution is -2.20. The number of carbonyl (C=O) groups excluding carboxylic acids is 1. The minimum absolute atomic E-state index is 0.215. The zero-order valence-corrected chi connectivity index (χ0v) is 11.3. The highest BCUT2D eigenvalue weighted by atomic mass is 35.5. The van der Waals surface area contributed by atoms with Crippen molar-refractivity contribution in [2.75, 3.05) is 0 Å². The van der Waals surface area contributed by atoms with Crippen molar-refractivity contribution >= 4 is 28.7 Å². The van der Waals surface area contributed by atoms with Gasteiger partial charge in [-0.05, 0) is 36.6 Å². The van der Waals surface area contributed by atoms with Gasteiger partial charge >= 0.3 is 0 Å². The SMILES string of the molecule is Cc1csc(C(=O)C2CCC(C)CC2)c1Cl. The molecule has 0 aliphatic heterocycles. The Hall–Kier alpha value is -0.340. The van der Waals surface area contributed by atoms with Crippen LogP contribution < -0.4 is 0 Å². The second kappa shape index (κ2) is 4.89. The molecule has 1 aliphatic rings. The van der Waals surface area contributed by atoms with E-state index in [1.54, 1.807) is 0 Å². The molecule has 1 aromatic heterocycles. The van der Waals surface area contributed by atoms with E-state index < -0.39 is 0 Å². The number of halogens is 1. The maximum absolute atomic E-state index is 12.3. The highest BCUT2D eigenvalue weighted by Crippen LogP contribution is 2.35. The Kier molecular flexibility index (Phi) is 3.70. The third kappa shape index (κ3) is 2.33. The molecule has 1 aliphatic carbocycles. The summed E-state index contributed by atoms with van der Waals surface area (Å²) in [5.74, 6) is 1.27. The largest absolute Gasteiger partial charge is 0.293 e. The van der Waals surface area contributed by atoms with Crippen LogP contribution in [-0.2, 0) is 0 Å². The van der Waals surface area contributed by atoms with E-state index in [2.05, 4.69) is 6.92 Å². The van der Waals surface area contributed by atoms with Crippen LogP contribution >= 0.6 is 22.9 Å². The van der Waals surface area contributed by atoms with Gasteiger partial charge < -0.3 is 0 Å². The maximum atomic E-state index is 12.3. The zero-order valence-electron chi connectivity index (χ0n) is 9.75. The Labute approximate surface area is 106 Å². The first-order valence-electron chi connectivity index (χ1n) is 5.87. The molecule has 1 heterocycles. The van der Waals surface area contributed by atoms with E-state index >= 15 is 0 Å². The van der Waals surface area contributed by atoms with Crippen LogP contribution in [-0.4, -0.2) is 5.78 Å². The van der Waals surface area contributed by atoms with Crippen LogP contribution in [0.2, 0.25) is 5.02 Å². The van der Waals surface area contributed by atoms with Crippen molar-refractivity contribution in [3.63, 3.8) is 0 Å². The fraction of sp³-hybridized carbons (Fsp3) is 0.615. The smallest absolute Gasteiger partial charge is 0.177 e. The summed E-state index contributed by atoms with van der Waals surface area (Å²) in [7, 11) is 0. The van der Waals surface area contributed by atoms with Crippen LogP contribution in [0.15, 0.2) is 5.38 Å². The van der Waals surface area contributed by atoms with Gasteiger partial charge in [-0.25, -0.2) is 0 Å². The summed E-state index contributed by atoms with van der Waals surface area (Å²) >= 11 is 7.64. The molecule has 1 aromatic rings. The fourth-order valence-corrected chi connectivity index (χ4v) is 3.61. The van der Waals surface area contributed by atoms with E-state index in [4.69, 9.17) is 11.6 Å². The number of hydrogen-bond acceptors (Lipinski definition) is 2. The summed E-state index contributed by atoms with van der Waals surface area (Å²) < 4.78 is 0. The highest BCUT2D eigenvalue weighted by molar-refractivity contribution is 7.13. The van der Waals surface area contributed by atoms with Crippen LogP contribution in [0.1, 0.15) is 47.8 Å². The van der Waals surface area contributed by atoms with Crippen LogP contribution in [0.5, 0.6) is 0 Å². The molecule has 0 N–H and O–H groups in total. The molecule has 88 valence electrons. The lowest BCUT2D eigenvalue weighted by Gasteiger charge is -2.24. The molecule has 0 aromatic carbocycles. The molecule has 0 saturated heterocycles. The van der Waals surface area contributed by atoms with Gasteiger partial charge in [0, 0.05) is 5.92 Å². The van der Waals surface area contributed by atoms with E-state index in [1.165, 1.54) is 24.2 Å². The predicted molar refractivity (Wildman–Crippen MR) is 69.5 cm³/mol. The lowest BCUT2D eigenvalue weighted by molar-refractivity contribution is 0.0880. The monoisotopic (exact) mass is 256 g/mol. The Balaban J connectivity index is 2.11. The van der Waals surface area contributed by atoms with Crippen molar-refractivity contribution in [3.8, 4) is 0 Å². The fourth-order valence-electron chi connectivity index (χ4n) is 2.30. The first kappa shape index (κ1) is 12.1. The molecule has 16 heavy (non-hydrogen) atoms. The van der Waals surface area contributed by atoms with Gasteiger partial charge in [0.2, 0.25) is 0 Å². The summed E-state index contributed by atoms with van der Waals surface area (Å²) in [5, 5.41) is 2.65. The third-order valence-electron chi connectivity index (χ3n) is 3.51. The van der Waals surface area contributed by atoms with Gasteiger partial charge in [-0.2, -0.15) is 0 Å². The zero-order chi connectivity index (χ0) is 11.7. The number of carbonyl (C=O) groups is 1. The standard InChI is InChI=1S/C13H17ClOS/c1-8-3-5-10(6-4-8)12(15)13-11(14)9(2)7-16-13/h7-8,10H,3-6H2,1-2H3. The molecule has 1 fully saturated rings. The van der Waals surface area contributed by atoms with Gasteiger partial charge in [0.15, 0.2) is 5.78 Å². The number of ketones is 1. The normalized spacial score (nSPS) is 25.7. The molecule has 0 unspecified atom stereocenters. The molecular weight excluding hydrogens is 240 g/mol. The number of hydrogen-bond donors (Lipinski definition) is 0. The molecule has 0 bridgehead atoms. The first-order chi connectivity index (χ1) is 7.59. The van der Waals surface area contributed by atoms with Crippen molar-refractivity contribution in [1.82, 2.24) is 0 Å². The molecule has 0 atom stereocenters. The molecule has 0 radical (unpaired) electrons. The van der Waals surface area contributed by atoms with Crippen molar-refractivity contribution in [2.24, 2.45) is 11.8 Å². The van der Waals surface area contributed by atoms with Crippen molar-refractivity contribution in [1.29, 1.82) is 0 Å². The van der Waals surface area contributed by atoms with Crippen molar-refractivity contribution in [3.05, 3.63) is 20.8 Å². The minimum Gasteiger partial charge on any atom is -0.293 e. The van der Waals surface area contributed by atoms with Gasteiger partial charge in [0.05, 0.1) is 9.90 Å². The second-order valence-corrected chi connectivity index (χ2v) is 6.14. The van der Waals surface area contributed by atoms with E-state index in [9.17, 15) is 4.79 Å². The summed E-state index contributed by atoms with van der Waals surface area (Å²) in [4.78, 5) is 13.0. The Morgan fingerprint density at radius 1 is 1.38 bits per heavy atom. The second-order valence-electron chi connectivity index (χ2n) is 4.88. The topological polar surface area (TPSA) is 17.1 Å². The van der Waals surface area contributed by atoms with Crippen LogP contribution in [0.4, 0.5) is 0 Å².